The molecule has 0 aromatic rings. The number of hydrogen-bond acceptors (Lipinski definition) is 3. The summed E-state index contributed by atoms with van der Waals surface area (Å²) in [5, 5.41) is 3.97. The van der Waals surface area contributed by atoms with E-state index < -0.39 is 10.4 Å². The fraction of sp³-hybridized carbons (Fsp3) is 0. The molecule has 0 atom stereocenters. The summed E-state index contributed by atoms with van der Waals surface area (Å²) in [6, 6.07) is 0. The molecule has 0 rings (SSSR count). The molecule has 5 nitrogen and oxygen atoms in total. The van der Waals surface area contributed by atoms with Crippen LogP contribution in [0.25, 0.3) is 0 Å². The summed E-state index contributed by atoms with van der Waals surface area (Å²) >= 11 is 4.14. The van der Waals surface area contributed by atoms with Gasteiger partial charge in [-0.15, -0.1) is 0 Å². The Morgan fingerprint density at radius 3 is 1.29 bits per heavy atom. The molecule has 0 radical (unpaired) electrons. The lowest BCUT2D eigenvalue weighted by atomic mass is 14.0. The van der Waals surface area contributed by atoms with Crippen molar-refractivity contribution >= 4 is 22.2 Å². The van der Waals surface area contributed by atoms with Crippen molar-refractivity contribution in [3.8, 4) is 0 Å². The van der Waals surface area contributed by atoms with Gasteiger partial charge >= 0.3 is 10.4 Å². The molecule has 0 heterocycles. The van der Waals surface area contributed by atoms with Crippen molar-refractivity contribution in [2.45, 2.75) is 0 Å². The fourth-order valence-electron chi connectivity index (χ4n) is 0. The van der Waals surface area contributed by atoms with Crippen LogP contribution < -0.4 is 5.25 Å². The largest absolute Gasteiger partial charge is 0.394 e. The van der Waals surface area contributed by atoms with E-state index in [4.69, 9.17) is 17.5 Å². The van der Waals surface area contributed by atoms with E-state index in [9.17, 15) is 0 Å². The van der Waals surface area contributed by atoms with Crippen molar-refractivity contribution in [2.24, 2.45) is 5.25 Å². The molecule has 0 saturated carbocycles. The van der Waals surface area contributed by atoms with Gasteiger partial charge in [0.05, 0.1) is 0 Å². The van der Waals surface area contributed by atoms with Gasteiger partial charge in [-0.1, -0.05) is 0 Å². The van der Waals surface area contributed by atoms with Gasteiger partial charge in [-0.3, -0.25) is 9.11 Å². The Kier molecular flexibility index (Phi) is 6.22. The van der Waals surface area contributed by atoms with Gasteiger partial charge in [0, 0.05) is 0 Å². The number of hydrogen-bond donors (Lipinski definition) is 3. The van der Waals surface area contributed by atoms with Gasteiger partial charge in [0.1, 0.15) is 0 Å². The molecule has 0 fully saturated rings. The smallest absolute Gasteiger partial charge is 0.264 e. The third kappa shape index (κ3) is 7210. The molecule has 7 heteroatoms. The molecular formula is H4ClNO4S. The van der Waals surface area contributed by atoms with Crippen molar-refractivity contribution in [1.82, 2.24) is 0 Å². The maximum Gasteiger partial charge on any atom is 0.394 e. The summed E-state index contributed by atoms with van der Waals surface area (Å²) in [6.45, 7) is 0. The minimum absolute atomic E-state index is 3.97. The van der Waals surface area contributed by atoms with E-state index >= 15 is 0 Å². The Morgan fingerprint density at radius 2 is 1.29 bits per heavy atom. The summed E-state index contributed by atoms with van der Waals surface area (Å²) in [6.07, 6.45) is 0. The van der Waals surface area contributed by atoms with Crippen LogP contribution in [0.1, 0.15) is 0 Å². The van der Waals surface area contributed by atoms with Gasteiger partial charge in [-0.05, 0) is 11.8 Å². The standard InChI is InChI=1S/ClH2N.H2O4S/c1-2;1-5(2,3)4/h2H2;(H2,1,2,3,4). The number of rotatable bonds is 0. The maximum absolute atomic E-state index is 8.74. The molecule has 0 unspecified atom stereocenters. The highest BCUT2D eigenvalue weighted by Gasteiger charge is 1.84. The molecule has 0 aliphatic heterocycles. The first-order valence-electron chi connectivity index (χ1n) is 0.917. The predicted molar refractivity (Wildman–Crippen MR) is 24.2 cm³/mol. The van der Waals surface area contributed by atoms with Crippen LogP contribution in [0, 0.1) is 0 Å². The molecule has 4 N–H and O–H groups in total. The van der Waals surface area contributed by atoms with E-state index in [1.165, 1.54) is 0 Å². The fourth-order valence-corrected chi connectivity index (χ4v) is 0. The van der Waals surface area contributed by atoms with Gasteiger partial charge in [-0.25, -0.2) is 5.25 Å². The van der Waals surface area contributed by atoms with Crippen LogP contribution in [0.2, 0.25) is 0 Å². The molecule has 0 aromatic heterocycles. The summed E-state index contributed by atoms with van der Waals surface area (Å²) < 4.78 is 31.6. The predicted octanol–water partition coefficient (Wildman–Crippen LogP) is -0.554. The molecule has 0 amide bonds. The zero-order chi connectivity index (χ0) is 6.50. The molecule has 0 bridgehead atoms. The minimum atomic E-state index is -4.67. The molecule has 0 aromatic carbocycles. The van der Waals surface area contributed by atoms with Gasteiger partial charge in [-0.2, -0.15) is 8.42 Å². The normalized spacial score (nSPS) is 9.14. The second-order valence-corrected chi connectivity index (χ2v) is 1.34. The Hall–Kier alpha value is 0.120. The average Bonchev–Trinajstić information content (AvgIpc) is 1.36. The molecule has 0 saturated heterocycles. The SMILES string of the molecule is NCl.O=S(=O)(O)O. The topological polar surface area (TPSA) is 101 Å². The summed E-state index contributed by atoms with van der Waals surface area (Å²) in [4.78, 5) is 0. The van der Waals surface area contributed by atoms with Crippen LogP contribution in [0.4, 0.5) is 0 Å². The summed E-state index contributed by atoms with van der Waals surface area (Å²) in [5.74, 6) is 0. The third-order valence-electron chi connectivity index (χ3n) is 0. The van der Waals surface area contributed by atoms with Gasteiger partial charge in [0.2, 0.25) is 0 Å². The van der Waals surface area contributed by atoms with Crippen LogP contribution in [-0.2, 0) is 10.4 Å². The van der Waals surface area contributed by atoms with Crippen molar-refractivity contribution < 1.29 is 17.5 Å². The molecule has 7 heavy (non-hydrogen) atoms. The molecule has 0 aliphatic carbocycles. The highest BCUT2D eigenvalue weighted by atomic mass is 35.5. The zero-order valence-electron chi connectivity index (χ0n) is 3.07. The number of nitrogens with two attached hydrogens (primary N) is 1. The van der Waals surface area contributed by atoms with Crippen LogP contribution in [0.15, 0.2) is 0 Å². The Balaban J connectivity index is 0. The monoisotopic (exact) mass is 149 g/mol. The second kappa shape index (κ2) is 4.28. The van der Waals surface area contributed by atoms with E-state index in [0.717, 1.165) is 0 Å². The van der Waals surface area contributed by atoms with Gasteiger partial charge < -0.3 is 0 Å². The Morgan fingerprint density at radius 1 is 1.29 bits per heavy atom. The maximum atomic E-state index is 8.74. The van der Waals surface area contributed by atoms with Crippen LogP contribution in [0.5, 0.6) is 0 Å². The van der Waals surface area contributed by atoms with Crippen molar-refractivity contribution in [3.63, 3.8) is 0 Å². The number of halogens is 1. The lowest BCUT2D eigenvalue weighted by Crippen LogP contribution is -1.89. The van der Waals surface area contributed by atoms with Crippen molar-refractivity contribution in [2.75, 3.05) is 0 Å². The zero-order valence-corrected chi connectivity index (χ0v) is 4.65. The first-order valence-corrected chi connectivity index (χ1v) is 2.75. The van der Waals surface area contributed by atoms with Crippen molar-refractivity contribution in [3.05, 3.63) is 0 Å². The third-order valence-corrected chi connectivity index (χ3v) is 0. The van der Waals surface area contributed by atoms with E-state index in [-0.39, 0.29) is 0 Å². The van der Waals surface area contributed by atoms with E-state index in [1.54, 1.807) is 0 Å². The van der Waals surface area contributed by atoms with Gasteiger partial charge in [0.25, 0.3) is 0 Å². The molecule has 0 spiro atoms. The van der Waals surface area contributed by atoms with Crippen molar-refractivity contribution in [1.29, 1.82) is 0 Å². The lowest BCUT2D eigenvalue weighted by Gasteiger charge is -1.68. The molecule has 0 aliphatic rings. The second-order valence-electron chi connectivity index (χ2n) is 0.448. The van der Waals surface area contributed by atoms with E-state index in [0.29, 0.717) is 0 Å². The van der Waals surface area contributed by atoms with E-state index in [1.807, 2.05) is 0 Å². The quantitative estimate of drug-likeness (QED) is 0.317. The van der Waals surface area contributed by atoms with E-state index in [2.05, 4.69) is 17.0 Å². The Bertz CT molecular complexity index is 94.9. The first kappa shape index (κ1) is 10.2. The Labute approximate surface area is 45.8 Å². The van der Waals surface area contributed by atoms with Gasteiger partial charge in [0.15, 0.2) is 0 Å². The summed E-state index contributed by atoms with van der Waals surface area (Å²) in [5.41, 5.74) is 0. The average molecular weight is 150 g/mol. The first-order chi connectivity index (χ1) is 3.00. The molecule has 46 valence electrons. The summed E-state index contributed by atoms with van der Waals surface area (Å²) in [7, 11) is -4.67. The van der Waals surface area contributed by atoms with Crippen LogP contribution in [-0.4, -0.2) is 17.5 Å². The van der Waals surface area contributed by atoms with Crippen LogP contribution in [0.3, 0.4) is 0 Å². The highest BCUT2D eigenvalue weighted by molar-refractivity contribution is 7.79. The van der Waals surface area contributed by atoms with Crippen LogP contribution >= 0.6 is 11.8 Å². The minimum Gasteiger partial charge on any atom is -0.264 e. The molecular weight excluding hydrogens is 146 g/mol. The highest BCUT2D eigenvalue weighted by Crippen LogP contribution is 1.59. The lowest BCUT2D eigenvalue weighted by molar-refractivity contribution is 0.381.